The van der Waals surface area contributed by atoms with Crippen LogP contribution in [0.5, 0.6) is 0 Å². The molecule has 162 valence electrons. The van der Waals surface area contributed by atoms with Crippen LogP contribution in [0.3, 0.4) is 0 Å². The molecule has 0 fully saturated rings. The van der Waals surface area contributed by atoms with Crippen molar-refractivity contribution in [3.05, 3.63) is 70.6 Å². The minimum absolute atomic E-state index is 0.159. The lowest BCUT2D eigenvalue weighted by Gasteiger charge is -2.26. The van der Waals surface area contributed by atoms with E-state index in [2.05, 4.69) is 11.4 Å². The number of thiazole rings is 1. The molecule has 0 aliphatic carbocycles. The Bertz CT molecular complexity index is 1260. The first kappa shape index (κ1) is 20.7. The lowest BCUT2D eigenvalue weighted by atomic mass is 10.0. The predicted molar refractivity (Wildman–Crippen MR) is 128 cm³/mol. The van der Waals surface area contributed by atoms with Crippen LogP contribution in [0.1, 0.15) is 27.7 Å². The largest absolute Gasteiger partial charge is 0.450 e. The van der Waals surface area contributed by atoms with Gasteiger partial charge in [0.15, 0.2) is 0 Å². The molecule has 5 rings (SSSR count). The van der Waals surface area contributed by atoms with Gasteiger partial charge in [0.25, 0.3) is 5.91 Å². The highest BCUT2D eigenvalue weighted by atomic mass is 32.1. The number of hydrogen-bond acceptors (Lipinski definition) is 6. The van der Waals surface area contributed by atoms with Crippen molar-refractivity contribution in [1.82, 2.24) is 9.88 Å². The van der Waals surface area contributed by atoms with Gasteiger partial charge in [-0.05, 0) is 43.2 Å². The molecule has 1 aliphatic rings. The van der Waals surface area contributed by atoms with Gasteiger partial charge in [0, 0.05) is 22.5 Å². The number of amides is 2. The van der Waals surface area contributed by atoms with E-state index in [1.807, 2.05) is 36.4 Å². The van der Waals surface area contributed by atoms with Crippen molar-refractivity contribution in [3.8, 4) is 10.6 Å². The Morgan fingerprint density at radius 1 is 1.09 bits per heavy atom. The summed E-state index contributed by atoms with van der Waals surface area (Å²) in [6.45, 7) is 3.20. The Kier molecular flexibility index (Phi) is 5.63. The summed E-state index contributed by atoms with van der Waals surface area (Å²) in [5.74, 6) is -0.159. The van der Waals surface area contributed by atoms with Crippen molar-refractivity contribution >= 4 is 49.9 Å². The number of hydrogen-bond donors (Lipinski definition) is 1. The number of rotatable bonds is 4. The average Bonchev–Trinajstić information content (AvgIpc) is 3.39. The van der Waals surface area contributed by atoms with Gasteiger partial charge in [0.05, 0.1) is 23.4 Å². The smallest absolute Gasteiger partial charge is 0.410 e. The lowest BCUT2D eigenvalue weighted by Crippen LogP contribution is -2.35. The number of nitrogens with zero attached hydrogens (tertiary/aromatic N) is 2. The number of ether oxygens (including phenoxy) is 1. The minimum Gasteiger partial charge on any atom is -0.450 e. The molecule has 1 N–H and O–H groups in total. The van der Waals surface area contributed by atoms with Gasteiger partial charge in [0.2, 0.25) is 0 Å². The first-order chi connectivity index (χ1) is 15.6. The highest BCUT2D eigenvalue weighted by Crippen LogP contribution is 2.45. The van der Waals surface area contributed by atoms with Gasteiger partial charge < -0.3 is 15.0 Å². The molecular formula is C24H21N3O3S2. The van der Waals surface area contributed by atoms with Gasteiger partial charge in [0.1, 0.15) is 10.0 Å². The second-order valence-electron chi connectivity index (χ2n) is 7.39. The molecule has 2 aromatic heterocycles. The number of nitrogens with one attached hydrogen (secondary N) is 1. The maximum atomic E-state index is 12.9. The zero-order chi connectivity index (χ0) is 22.1. The molecule has 8 heteroatoms. The number of carbonyl (C=O) groups excluding carboxylic acids is 2. The molecule has 0 spiro atoms. The molecule has 2 aromatic carbocycles. The van der Waals surface area contributed by atoms with Crippen LogP contribution in [0.25, 0.3) is 20.8 Å². The van der Waals surface area contributed by atoms with Crippen molar-refractivity contribution in [2.45, 2.75) is 19.9 Å². The monoisotopic (exact) mass is 463 g/mol. The van der Waals surface area contributed by atoms with Gasteiger partial charge in [-0.1, -0.05) is 30.3 Å². The van der Waals surface area contributed by atoms with Gasteiger partial charge >= 0.3 is 6.09 Å². The third kappa shape index (κ3) is 3.87. The van der Waals surface area contributed by atoms with Crippen LogP contribution < -0.4 is 5.32 Å². The van der Waals surface area contributed by atoms with E-state index in [4.69, 9.17) is 9.72 Å². The first-order valence-electron chi connectivity index (χ1n) is 10.4. The molecule has 0 saturated carbocycles. The van der Waals surface area contributed by atoms with E-state index in [0.717, 1.165) is 36.2 Å². The van der Waals surface area contributed by atoms with Crippen LogP contribution >= 0.6 is 22.7 Å². The molecule has 32 heavy (non-hydrogen) atoms. The number of benzene rings is 2. The van der Waals surface area contributed by atoms with E-state index in [1.54, 1.807) is 35.3 Å². The molecule has 6 nitrogen and oxygen atoms in total. The molecule has 0 radical (unpaired) electrons. The summed E-state index contributed by atoms with van der Waals surface area (Å²) in [7, 11) is 0. The van der Waals surface area contributed by atoms with Gasteiger partial charge in [-0.3, -0.25) is 4.79 Å². The molecule has 0 bridgehead atoms. The number of anilines is 1. The first-order valence-corrected chi connectivity index (χ1v) is 12.1. The number of thiophene rings is 1. The molecule has 4 aromatic rings. The summed E-state index contributed by atoms with van der Waals surface area (Å²) in [5, 5.41) is 4.77. The highest BCUT2D eigenvalue weighted by Gasteiger charge is 2.30. The molecule has 0 atom stereocenters. The van der Waals surface area contributed by atoms with Crippen molar-refractivity contribution < 1.29 is 14.3 Å². The van der Waals surface area contributed by atoms with Crippen molar-refractivity contribution in [2.24, 2.45) is 0 Å². The Balaban J connectivity index is 1.56. The Morgan fingerprint density at radius 2 is 1.88 bits per heavy atom. The summed E-state index contributed by atoms with van der Waals surface area (Å²) in [6, 6.07) is 17.2. The van der Waals surface area contributed by atoms with E-state index >= 15 is 0 Å². The Hall–Kier alpha value is -3.23. The molecular weight excluding hydrogens is 442 g/mol. The maximum Gasteiger partial charge on any atom is 0.410 e. The van der Waals surface area contributed by atoms with Crippen LogP contribution in [0.4, 0.5) is 9.80 Å². The molecule has 1 aliphatic heterocycles. The zero-order valence-corrected chi connectivity index (χ0v) is 19.1. The van der Waals surface area contributed by atoms with Crippen LogP contribution in [-0.2, 0) is 17.7 Å². The van der Waals surface area contributed by atoms with Crippen molar-refractivity contribution in [1.29, 1.82) is 0 Å². The van der Waals surface area contributed by atoms with E-state index in [1.165, 1.54) is 11.3 Å². The highest BCUT2D eigenvalue weighted by molar-refractivity contribution is 7.23. The summed E-state index contributed by atoms with van der Waals surface area (Å²) in [6.07, 6.45) is 0.389. The second-order valence-corrected chi connectivity index (χ2v) is 9.52. The summed E-state index contributed by atoms with van der Waals surface area (Å²) in [4.78, 5) is 32.8. The predicted octanol–water partition coefficient (Wildman–Crippen LogP) is 5.79. The van der Waals surface area contributed by atoms with Gasteiger partial charge in [-0.2, -0.15) is 0 Å². The van der Waals surface area contributed by atoms with Crippen LogP contribution in [0.15, 0.2) is 54.6 Å². The molecule has 0 saturated heterocycles. The van der Waals surface area contributed by atoms with Gasteiger partial charge in [-0.15, -0.1) is 22.7 Å². The third-order valence-corrected chi connectivity index (χ3v) is 7.54. The number of carbonyl (C=O) groups is 2. The number of aromatic nitrogens is 1. The fraction of sp³-hybridized carbons (Fsp3) is 0.208. The SMILES string of the molecule is CCOC(=O)N1CCc2c(sc(NC(=O)c3ccccc3)c2-c2nc3ccccc3s2)C1. The van der Waals surface area contributed by atoms with Crippen molar-refractivity contribution in [3.63, 3.8) is 0 Å². The topological polar surface area (TPSA) is 71.5 Å². The number of para-hydroxylation sites is 1. The third-order valence-electron chi connectivity index (χ3n) is 5.35. The van der Waals surface area contributed by atoms with Crippen LogP contribution in [-0.4, -0.2) is 35.0 Å². The quantitative estimate of drug-likeness (QED) is 0.416. The average molecular weight is 464 g/mol. The fourth-order valence-corrected chi connectivity index (χ4v) is 6.20. The molecule has 0 unspecified atom stereocenters. The van der Waals surface area contributed by atoms with E-state index in [9.17, 15) is 9.59 Å². The standard InChI is InChI=1S/C24H21N3O3S2/c1-2-30-24(29)27-13-12-16-19(14-27)32-23(26-21(28)15-8-4-3-5-9-15)20(16)22-25-17-10-6-7-11-18(17)31-22/h3-11H,2,12-14H2,1H3,(H,26,28). The van der Waals surface area contributed by atoms with Crippen LogP contribution in [0, 0.1) is 0 Å². The molecule has 3 heterocycles. The summed E-state index contributed by atoms with van der Waals surface area (Å²) < 4.78 is 6.30. The second kappa shape index (κ2) is 8.72. The Morgan fingerprint density at radius 3 is 2.66 bits per heavy atom. The van der Waals surface area contributed by atoms with E-state index in [-0.39, 0.29) is 12.0 Å². The van der Waals surface area contributed by atoms with Crippen molar-refractivity contribution in [2.75, 3.05) is 18.5 Å². The summed E-state index contributed by atoms with van der Waals surface area (Å²) >= 11 is 3.13. The minimum atomic E-state index is -0.303. The van der Waals surface area contributed by atoms with Crippen LogP contribution in [0.2, 0.25) is 0 Å². The number of fused-ring (bicyclic) bond motifs is 2. The fourth-order valence-electron chi connectivity index (χ4n) is 3.83. The Labute approximate surface area is 193 Å². The normalized spacial score (nSPS) is 13.1. The molecule has 2 amide bonds. The summed E-state index contributed by atoms with van der Waals surface area (Å²) in [5.41, 5.74) is 3.66. The van der Waals surface area contributed by atoms with Gasteiger partial charge in [-0.25, -0.2) is 9.78 Å². The maximum absolute atomic E-state index is 12.9. The van der Waals surface area contributed by atoms with E-state index in [0.29, 0.717) is 31.7 Å². The van der Waals surface area contributed by atoms with E-state index < -0.39 is 0 Å². The lowest BCUT2D eigenvalue weighted by molar-refractivity contribution is 0.102. The zero-order valence-electron chi connectivity index (χ0n) is 17.5.